The Morgan fingerprint density at radius 1 is 1.27 bits per heavy atom. The van der Waals surface area contributed by atoms with Crippen LogP contribution in [0.25, 0.3) is 0 Å². The quantitative estimate of drug-likeness (QED) is 0.791. The zero-order chi connectivity index (χ0) is 16.0. The summed E-state index contributed by atoms with van der Waals surface area (Å²) in [6.07, 6.45) is -0.411. The fraction of sp³-hybridized carbons (Fsp3) is 0.500. The van der Waals surface area contributed by atoms with Crippen molar-refractivity contribution < 1.29 is 23.5 Å². The number of benzene rings is 1. The lowest BCUT2D eigenvalue weighted by molar-refractivity contribution is 0.0439. The normalized spacial score (nSPS) is 28.5. The maximum atomic E-state index is 12.9. The fourth-order valence-electron chi connectivity index (χ4n) is 2.48. The summed E-state index contributed by atoms with van der Waals surface area (Å²) in [6, 6.07) is 7.30. The molecule has 6 heteroatoms. The third-order valence-corrected chi connectivity index (χ3v) is 5.96. The number of aliphatic hydroxyl groups excluding tert-OH is 1. The molecule has 1 aromatic carbocycles. The van der Waals surface area contributed by atoms with Gasteiger partial charge in [0.05, 0.1) is 24.6 Å². The summed E-state index contributed by atoms with van der Waals surface area (Å²) in [6.45, 7) is 6.42. The molecule has 5 nitrogen and oxygen atoms in total. The van der Waals surface area contributed by atoms with Gasteiger partial charge >= 0.3 is 7.60 Å². The second kappa shape index (κ2) is 5.50. The largest absolute Gasteiger partial charge is 0.461 e. The van der Waals surface area contributed by atoms with Crippen LogP contribution in [0.3, 0.4) is 0 Å². The van der Waals surface area contributed by atoms with Gasteiger partial charge in [-0.05, 0) is 13.0 Å². The summed E-state index contributed by atoms with van der Waals surface area (Å²) in [7, 11) is -3.35. The van der Waals surface area contributed by atoms with E-state index in [0.717, 1.165) is 5.56 Å². The van der Waals surface area contributed by atoms with Crippen molar-refractivity contribution in [2.24, 2.45) is 5.41 Å². The number of aliphatic hydroxyl groups is 1. The van der Waals surface area contributed by atoms with E-state index in [1.54, 1.807) is 13.0 Å². The van der Waals surface area contributed by atoms with Crippen LogP contribution in [-0.2, 0) is 13.6 Å². The van der Waals surface area contributed by atoms with Crippen LogP contribution in [0.15, 0.2) is 35.3 Å². The topological polar surface area (TPSA) is 65.0 Å². The molecule has 1 atom stereocenters. The first-order chi connectivity index (χ1) is 10.3. The second-order valence-electron chi connectivity index (χ2n) is 6.58. The highest BCUT2D eigenvalue weighted by atomic mass is 31.2. The van der Waals surface area contributed by atoms with Crippen LogP contribution >= 0.6 is 7.60 Å². The zero-order valence-corrected chi connectivity index (χ0v) is 13.9. The van der Waals surface area contributed by atoms with E-state index in [-0.39, 0.29) is 11.8 Å². The SMILES string of the molecule is C/C(=C1/CC(O)c2ccccc2O1)P1(=O)OCC(C)(C)CO1. The lowest BCUT2D eigenvalue weighted by atomic mass is 9.97. The molecule has 0 aromatic heterocycles. The monoisotopic (exact) mass is 324 g/mol. The summed E-state index contributed by atoms with van der Waals surface area (Å²) in [5.41, 5.74) is 0.585. The summed E-state index contributed by atoms with van der Waals surface area (Å²) in [5, 5.41) is 10.7. The molecule has 2 aliphatic rings. The van der Waals surface area contributed by atoms with Crippen LogP contribution in [0, 0.1) is 5.41 Å². The van der Waals surface area contributed by atoms with Crippen molar-refractivity contribution in [3.8, 4) is 5.75 Å². The maximum absolute atomic E-state index is 12.9. The van der Waals surface area contributed by atoms with Gasteiger partial charge < -0.3 is 18.9 Å². The molecule has 1 unspecified atom stereocenters. The number of hydrogen-bond acceptors (Lipinski definition) is 5. The van der Waals surface area contributed by atoms with Gasteiger partial charge in [0.2, 0.25) is 0 Å². The summed E-state index contributed by atoms with van der Waals surface area (Å²) in [4.78, 5) is 0. The minimum absolute atomic E-state index is 0.154. The average molecular weight is 324 g/mol. The maximum Gasteiger partial charge on any atom is 0.360 e. The number of ether oxygens (including phenoxy) is 1. The van der Waals surface area contributed by atoms with Crippen LogP contribution < -0.4 is 4.74 Å². The van der Waals surface area contributed by atoms with Crippen molar-refractivity contribution in [2.75, 3.05) is 13.2 Å². The molecule has 1 saturated heterocycles. The second-order valence-corrected chi connectivity index (χ2v) is 8.76. The van der Waals surface area contributed by atoms with Crippen molar-refractivity contribution in [1.29, 1.82) is 0 Å². The lowest BCUT2D eigenvalue weighted by Gasteiger charge is -2.35. The number of fused-ring (bicyclic) bond motifs is 1. The molecule has 0 amide bonds. The van der Waals surface area contributed by atoms with E-state index >= 15 is 0 Å². The molecule has 1 fully saturated rings. The first kappa shape index (κ1) is 15.8. The number of allylic oxidation sites excluding steroid dienone is 1. The van der Waals surface area contributed by atoms with E-state index in [1.807, 2.05) is 32.0 Å². The number of para-hydroxylation sites is 1. The van der Waals surface area contributed by atoms with Crippen LogP contribution in [0.2, 0.25) is 0 Å². The minimum atomic E-state index is -3.35. The van der Waals surface area contributed by atoms with E-state index in [9.17, 15) is 9.67 Å². The third kappa shape index (κ3) is 2.86. The Bertz CT molecular complexity index is 650. The molecule has 2 heterocycles. The molecular formula is C16H21O5P. The summed E-state index contributed by atoms with van der Waals surface area (Å²) >= 11 is 0. The summed E-state index contributed by atoms with van der Waals surface area (Å²) in [5.74, 6) is 1.05. The van der Waals surface area contributed by atoms with Crippen LogP contribution in [-0.4, -0.2) is 18.3 Å². The first-order valence-electron chi connectivity index (χ1n) is 7.35. The number of hydrogen-bond donors (Lipinski definition) is 1. The van der Waals surface area contributed by atoms with E-state index in [4.69, 9.17) is 13.8 Å². The van der Waals surface area contributed by atoms with E-state index < -0.39 is 13.7 Å². The highest BCUT2D eigenvalue weighted by Gasteiger charge is 2.40. The summed E-state index contributed by atoms with van der Waals surface area (Å²) < 4.78 is 29.8. The van der Waals surface area contributed by atoms with E-state index in [0.29, 0.717) is 30.0 Å². The van der Waals surface area contributed by atoms with Crippen molar-refractivity contribution in [2.45, 2.75) is 33.3 Å². The lowest BCUT2D eigenvalue weighted by Crippen LogP contribution is -2.30. The van der Waals surface area contributed by atoms with Crippen molar-refractivity contribution in [3.05, 3.63) is 40.9 Å². The predicted octanol–water partition coefficient (Wildman–Crippen LogP) is 4.00. The predicted molar refractivity (Wildman–Crippen MR) is 82.6 cm³/mol. The first-order valence-corrected chi connectivity index (χ1v) is 8.89. The molecular weight excluding hydrogens is 303 g/mol. The Labute approximate surface area is 130 Å². The van der Waals surface area contributed by atoms with Crippen LogP contribution in [0.5, 0.6) is 5.75 Å². The van der Waals surface area contributed by atoms with Crippen LogP contribution in [0.4, 0.5) is 0 Å². The average Bonchev–Trinajstić information content (AvgIpc) is 2.50. The van der Waals surface area contributed by atoms with Gasteiger partial charge in [0.15, 0.2) is 0 Å². The number of rotatable bonds is 1. The standard InChI is InChI=1S/C16H21O5P/c1-11(22(18)19-9-16(2,3)10-20-22)15-8-13(17)12-6-4-5-7-14(12)21-15/h4-7,13,17H,8-10H2,1-3H3/b15-11+. The minimum Gasteiger partial charge on any atom is -0.461 e. The molecule has 3 rings (SSSR count). The molecule has 0 bridgehead atoms. The van der Waals surface area contributed by atoms with E-state index in [2.05, 4.69) is 0 Å². The van der Waals surface area contributed by atoms with Crippen LogP contribution in [0.1, 0.15) is 38.9 Å². The highest BCUT2D eigenvalue weighted by Crippen LogP contribution is 2.61. The highest BCUT2D eigenvalue weighted by molar-refractivity contribution is 7.58. The smallest absolute Gasteiger partial charge is 0.360 e. The van der Waals surface area contributed by atoms with E-state index in [1.165, 1.54) is 0 Å². The molecule has 2 aliphatic heterocycles. The van der Waals surface area contributed by atoms with Crippen molar-refractivity contribution in [1.82, 2.24) is 0 Å². The van der Waals surface area contributed by atoms with Crippen molar-refractivity contribution >= 4 is 7.60 Å². The van der Waals surface area contributed by atoms with Gasteiger partial charge in [-0.3, -0.25) is 4.57 Å². The molecule has 0 spiro atoms. The zero-order valence-electron chi connectivity index (χ0n) is 13.0. The van der Waals surface area contributed by atoms with Crippen molar-refractivity contribution in [3.63, 3.8) is 0 Å². The Morgan fingerprint density at radius 3 is 2.59 bits per heavy atom. The molecule has 22 heavy (non-hydrogen) atoms. The molecule has 0 radical (unpaired) electrons. The molecule has 0 aliphatic carbocycles. The van der Waals surface area contributed by atoms with Gasteiger partial charge in [0.1, 0.15) is 11.5 Å². The Kier molecular flexibility index (Phi) is 3.94. The van der Waals surface area contributed by atoms with Gasteiger partial charge in [-0.25, -0.2) is 0 Å². The Morgan fingerprint density at radius 2 is 1.91 bits per heavy atom. The fourth-order valence-corrected chi connectivity index (χ4v) is 4.42. The molecule has 0 saturated carbocycles. The van der Waals surface area contributed by atoms with Gasteiger partial charge in [-0.15, -0.1) is 0 Å². The van der Waals surface area contributed by atoms with Gasteiger partial charge in [-0.1, -0.05) is 32.0 Å². The Balaban J connectivity index is 1.90. The molecule has 1 aromatic rings. The molecule has 1 N–H and O–H groups in total. The Hall–Kier alpha value is -1.13. The van der Waals surface area contributed by atoms with Gasteiger partial charge in [0, 0.05) is 17.4 Å². The molecule has 120 valence electrons. The third-order valence-electron chi connectivity index (χ3n) is 3.95. The van der Waals surface area contributed by atoms with Gasteiger partial charge in [-0.2, -0.15) is 0 Å². The van der Waals surface area contributed by atoms with Gasteiger partial charge in [0.25, 0.3) is 0 Å².